The summed E-state index contributed by atoms with van der Waals surface area (Å²) in [6, 6.07) is 0. The molecule has 0 heterocycles. The zero-order valence-corrected chi connectivity index (χ0v) is 41.3. The third-order valence-corrected chi connectivity index (χ3v) is 11.2. The van der Waals surface area contributed by atoms with Gasteiger partial charge in [-0.3, -0.25) is 14.4 Å². The summed E-state index contributed by atoms with van der Waals surface area (Å²) in [5.41, 5.74) is -0.0506. The number of rotatable bonds is 42. The zero-order valence-electron chi connectivity index (χ0n) is 38.5. The summed E-state index contributed by atoms with van der Waals surface area (Å²) >= 11 is 0. The first-order valence-electron chi connectivity index (χ1n) is 24.3. The predicted molar refractivity (Wildman–Crippen MR) is 245 cm³/mol. The van der Waals surface area contributed by atoms with Crippen molar-refractivity contribution in [1.29, 1.82) is 0 Å². The molecule has 0 atom stereocenters. The Bertz CT molecular complexity index is 1060. The van der Waals surface area contributed by atoms with E-state index in [2.05, 4.69) is 36.3 Å². The standard InChI is InChI=1S/C39H73N3O5.C9H20O.Y/c1-4-6-8-10-13-19-26-34(27-20-14-11-9-7-5-2)47-35(44)28-21-15-12-16-22-30-42(31-23-17-18-24-33-43)32-25-29-41-37-36(40-3)38(45)39(37)46;1-2-3-4-5-6-7-8-9-10;/h34,40-41,43H,4-33H2,1-3H3;10H,2-9H2,1H3;. The molecule has 1 aromatic carbocycles. The van der Waals surface area contributed by atoms with Gasteiger partial charge in [-0.1, -0.05) is 156 Å². The summed E-state index contributed by atoms with van der Waals surface area (Å²) in [6.45, 7) is 11.1. The second kappa shape index (κ2) is 45.7. The Morgan fingerprint density at radius 2 is 0.914 bits per heavy atom. The van der Waals surface area contributed by atoms with Crippen molar-refractivity contribution in [2.24, 2.45) is 0 Å². The van der Waals surface area contributed by atoms with E-state index in [1.54, 1.807) is 7.05 Å². The molecule has 0 fully saturated rings. The number of anilines is 2. The molecule has 0 amide bonds. The maximum Gasteiger partial charge on any atom is 0.306 e. The monoisotopic (exact) mass is 897 g/mol. The van der Waals surface area contributed by atoms with Crippen molar-refractivity contribution < 1.29 is 52.5 Å². The van der Waals surface area contributed by atoms with Crippen LogP contribution in [0.2, 0.25) is 0 Å². The summed E-state index contributed by atoms with van der Waals surface area (Å²) in [5.74, 6) is -0.00137. The minimum atomic E-state index is -0.437. The van der Waals surface area contributed by atoms with Crippen molar-refractivity contribution in [3.8, 4) is 0 Å². The quantitative estimate of drug-likeness (QED) is 0.0288. The van der Waals surface area contributed by atoms with Crippen LogP contribution in [0.15, 0.2) is 9.59 Å². The molecule has 9 nitrogen and oxygen atoms in total. The number of esters is 1. The largest absolute Gasteiger partial charge is 0.462 e. The minimum absolute atomic E-state index is 0. The van der Waals surface area contributed by atoms with Gasteiger partial charge in [-0.2, -0.15) is 0 Å². The SMILES string of the molecule is CCCCCCCCC(CCCCCCCC)OC(=O)CCCCCCCN(CCCCCCO)CCCNc1c(NC)c(=O)c1=O.CCCCCCCCCO.[Y]. The van der Waals surface area contributed by atoms with E-state index in [4.69, 9.17) is 14.9 Å². The van der Waals surface area contributed by atoms with Crippen molar-refractivity contribution in [2.45, 2.75) is 232 Å². The summed E-state index contributed by atoms with van der Waals surface area (Å²) in [4.78, 5) is 38.6. The molecule has 1 aromatic rings. The van der Waals surface area contributed by atoms with E-state index in [9.17, 15) is 14.4 Å². The van der Waals surface area contributed by atoms with Crippen LogP contribution >= 0.6 is 0 Å². The van der Waals surface area contributed by atoms with Crippen LogP contribution in [0.5, 0.6) is 0 Å². The smallest absolute Gasteiger partial charge is 0.306 e. The fourth-order valence-corrected chi connectivity index (χ4v) is 7.47. The molecule has 0 bridgehead atoms. The fraction of sp³-hybridized carbons (Fsp3) is 0.896. The molecule has 0 saturated carbocycles. The second-order valence-electron chi connectivity index (χ2n) is 16.5. The van der Waals surface area contributed by atoms with Crippen LogP contribution in [0.4, 0.5) is 11.4 Å². The molecule has 339 valence electrons. The average molecular weight is 897 g/mol. The third kappa shape index (κ3) is 34.8. The maximum absolute atomic E-state index is 12.7. The molecule has 1 radical (unpaired) electrons. The Hall–Kier alpha value is -0.866. The van der Waals surface area contributed by atoms with Crippen LogP contribution in [0.3, 0.4) is 0 Å². The number of nitrogens with zero attached hydrogens (tertiary/aromatic N) is 1. The van der Waals surface area contributed by atoms with Crippen LogP contribution in [0.1, 0.15) is 226 Å². The van der Waals surface area contributed by atoms with Gasteiger partial charge in [0.15, 0.2) is 0 Å². The predicted octanol–water partition coefficient (Wildman–Crippen LogP) is 11.5. The average Bonchev–Trinajstić information content (AvgIpc) is 3.21. The van der Waals surface area contributed by atoms with Gasteiger partial charge in [0.2, 0.25) is 0 Å². The summed E-state index contributed by atoms with van der Waals surface area (Å²) in [7, 11) is 1.66. The van der Waals surface area contributed by atoms with Crippen LogP contribution in [0, 0.1) is 0 Å². The molecule has 0 aromatic heterocycles. The summed E-state index contributed by atoms with van der Waals surface area (Å²) < 4.78 is 6.02. The van der Waals surface area contributed by atoms with Crippen LogP contribution in [-0.4, -0.2) is 73.6 Å². The molecule has 0 unspecified atom stereocenters. The van der Waals surface area contributed by atoms with E-state index in [0.29, 0.717) is 30.9 Å². The number of ether oxygens (including phenoxy) is 1. The topological polar surface area (TPSA) is 128 Å². The molecular weight excluding hydrogens is 803 g/mol. The van der Waals surface area contributed by atoms with Gasteiger partial charge in [-0.25, -0.2) is 0 Å². The summed E-state index contributed by atoms with van der Waals surface area (Å²) in [5, 5.41) is 23.5. The first-order valence-corrected chi connectivity index (χ1v) is 24.3. The van der Waals surface area contributed by atoms with Gasteiger partial charge >= 0.3 is 5.97 Å². The van der Waals surface area contributed by atoms with Gasteiger partial charge in [0.05, 0.1) is 0 Å². The number of hydrogen-bond acceptors (Lipinski definition) is 9. The Kier molecular flexibility index (Phi) is 46.6. The molecule has 0 spiro atoms. The molecule has 0 aliphatic carbocycles. The molecule has 10 heteroatoms. The van der Waals surface area contributed by atoms with E-state index in [-0.39, 0.29) is 51.4 Å². The van der Waals surface area contributed by atoms with E-state index in [1.807, 2.05) is 0 Å². The van der Waals surface area contributed by atoms with Crippen LogP contribution in [-0.2, 0) is 42.2 Å². The number of nitrogens with one attached hydrogen (secondary N) is 2. The van der Waals surface area contributed by atoms with E-state index in [1.165, 1.54) is 116 Å². The minimum Gasteiger partial charge on any atom is -0.462 e. The number of aliphatic hydroxyl groups excluding tert-OH is 2. The maximum atomic E-state index is 12.7. The molecule has 1 rings (SSSR count). The first-order chi connectivity index (χ1) is 27.9. The third-order valence-electron chi connectivity index (χ3n) is 11.2. The summed E-state index contributed by atoms with van der Waals surface area (Å²) in [6.07, 6.45) is 37.4. The van der Waals surface area contributed by atoms with Crippen molar-refractivity contribution >= 4 is 17.3 Å². The Labute approximate surface area is 382 Å². The van der Waals surface area contributed by atoms with Crippen molar-refractivity contribution in [3.05, 3.63) is 20.4 Å². The Morgan fingerprint density at radius 3 is 1.36 bits per heavy atom. The van der Waals surface area contributed by atoms with Crippen LogP contribution in [0.25, 0.3) is 0 Å². The Balaban J connectivity index is 0. The normalized spacial score (nSPS) is 11.2. The van der Waals surface area contributed by atoms with Crippen LogP contribution < -0.4 is 21.5 Å². The number of carbonyl (C=O) groups is 1. The van der Waals surface area contributed by atoms with Crippen molar-refractivity contribution in [1.82, 2.24) is 4.90 Å². The second-order valence-corrected chi connectivity index (χ2v) is 16.5. The molecule has 0 aliphatic heterocycles. The molecular formula is C48H93N3O6Y. The zero-order chi connectivity index (χ0) is 42.0. The van der Waals surface area contributed by atoms with Gasteiger partial charge in [0, 0.05) is 65.9 Å². The Morgan fingerprint density at radius 1 is 0.534 bits per heavy atom. The van der Waals surface area contributed by atoms with Crippen molar-refractivity contribution in [3.63, 3.8) is 0 Å². The van der Waals surface area contributed by atoms with Gasteiger partial charge in [-0.15, -0.1) is 0 Å². The van der Waals surface area contributed by atoms with Crippen molar-refractivity contribution in [2.75, 3.05) is 57.1 Å². The molecule has 0 aliphatic rings. The molecule has 4 N–H and O–H groups in total. The fourth-order valence-electron chi connectivity index (χ4n) is 7.47. The van der Waals surface area contributed by atoms with Gasteiger partial charge in [-0.05, 0) is 83.8 Å². The molecule has 58 heavy (non-hydrogen) atoms. The van der Waals surface area contributed by atoms with E-state index in [0.717, 1.165) is 103 Å². The number of unbranched alkanes of at least 4 members (excludes halogenated alkanes) is 23. The number of hydrogen-bond donors (Lipinski definition) is 4. The van der Waals surface area contributed by atoms with Gasteiger partial charge < -0.3 is 30.5 Å². The molecule has 0 saturated heterocycles. The number of carbonyl (C=O) groups excluding carboxylic acids is 1. The van der Waals surface area contributed by atoms with E-state index < -0.39 is 10.9 Å². The van der Waals surface area contributed by atoms with Gasteiger partial charge in [0.25, 0.3) is 10.9 Å². The number of aliphatic hydroxyl groups is 2. The van der Waals surface area contributed by atoms with Gasteiger partial charge in [0.1, 0.15) is 17.5 Å². The first kappa shape index (κ1) is 59.2. The van der Waals surface area contributed by atoms with E-state index >= 15 is 0 Å².